The number of likely N-dealkylation sites (tertiary alicyclic amines) is 1. The average Bonchev–Trinajstić information content (AvgIpc) is 2.35. The number of nitrogens with two attached hydrogens (primary N) is 1. The predicted molar refractivity (Wildman–Crippen MR) is 81.2 cm³/mol. The molecule has 1 saturated heterocycles. The van der Waals surface area contributed by atoms with Crippen molar-refractivity contribution in [1.29, 1.82) is 0 Å². The van der Waals surface area contributed by atoms with Crippen molar-refractivity contribution in [1.82, 2.24) is 4.90 Å². The van der Waals surface area contributed by atoms with Gasteiger partial charge >= 0.3 is 0 Å². The SMILES string of the molecule is Cc1ccc(Br)cc1C(=O)N1CCC(C)(C)C(N)C1. The molecule has 2 rings (SSSR count). The molecule has 0 bridgehead atoms. The van der Waals surface area contributed by atoms with Crippen molar-refractivity contribution in [2.75, 3.05) is 13.1 Å². The number of piperidine rings is 1. The van der Waals surface area contributed by atoms with E-state index in [1.807, 2.05) is 30.0 Å². The summed E-state index contributed by atoms with van der Waals surface area (Å²) in [5, 5.41) is 0. The van der Waals surface area contributed by atoms with Gasteiger partial charge in [-0.2, -0.15) is 0 Å². The van der Waals surface area contributed by atoms with Crippen LogP contribution >= 0.6 is 15.9 Å². The number of carbonyl (C=O) groups is 1. The first kappa shape index (κ1) is 14.5. The maximum absolute atomic E-state index is 12.6. The number of aryl methyl sites for hydroxylation is 1. The van der Waals surface area contributed by atoms with Gasteiger partial charge in [0.1, 0.15) is 0 Å². The third-order valence-electron chi connectivity index (χ3n) is 4.16. The van der Waals surface area contributed by atoms with Crippen LogP contribution in [-0.2, 0) is 0 Å². The van der Waals surface area contributed by atoms with Crippen LogP contribution < -0.4 is 5.73 Å². The van der Waals surface area contributed by atoms with Crippen molar-refractivity contribution in [2.45, 2.75) is 33.2 Å². The Hall–Kier alpha value is -0.870. The monoisotopic (exact) mass is 324 g/mol. The van der Waals surface area contributed by atoms with Crippen LogP contribution in [0.5, 0.6) is 0 Å². The van der Waals surface area contributed by atoms with E-state index in [9.17, 15) is 4.79 Å². The molecule has 1 fully saturated rings. The number of hydrogen-bond donors (Lipinski definition) is 1. The molecule has 0 aromatic heterocycles. The lowest BCUT2D eigenvalue weighted by atomic mass is 9.78. The predicted octanol–water partition coefficient (Wildman–Crippen LogP) is 2.96. The van der Waals surface area contributed by atoms with Crippen LogP contribution in [0.15, 0.2) is 22.7 Å². The third-order valence-corrected chi connectivity index (χ3v) is 4.66. The highest BCUT2D eigenvalue weighted by Crippen LogP contribution is 2.30. The number of nitrogens with zero attached hydrogens (tertiary/aromatic N) is 1. The molecule has 0 radical (unpaired) electrons. The van der Waals surface area contributed by atoms with E-state index >= 15 is 0 Å². The lowest BCUT2D eigenvalue weighted by molar-refractivity contribution is 0.0574. The zero-order valence-electron chi connectivity index (χ0n) is 11.7. The van der Waals surface area contributed by atoms with Gasteiger partial charge in [-0.05, 0) is 36.5 Å². The minimum atomic E-state index is 0.0395. The Morgan fingerprint density at radius 3 is 2.79 bits per heavy atom. The molecule has 1 heterocycles. The van der Waals surface area contributed by atoms with E-state index in [-0.39, 0.29) is 17.4 Å². The summed E-state index contributed by atoms with van der Waals surface area (Å²) in [5.41, 5.74) is 8.07. The molecule has 104 valence electrons. The lowest BCUT2D eigenvalue weighted by Gasteiger charge is -2.42. The second kappa shape index (κ2) is 5.25. The maximum atomic E-state index is 12.6. The number of carbonyl (C=O) groups excluding carboxylic acids is 1. The average molecular weight is 325 g/mol. The minimum Gasteiger partial charge on any atom is -0.337 e. The Morgan fingerprint density at radius 2 is 2.16 bits per heavy atom. The van der Waals surface area contributed by atoms with Crippen molar-refractivity contribution in [2.24, 2.45) is 11.1 Å². The molecule has 0 saturated carbocycles. The highest BCUT2D eigenvalue weighted by molar-refractivity contribution is 9.10. The number of halogens is 1. The molecule has 0 spiro atoms. The Labute approximate surface area is 123 Å². The Bertz CT molecular complexity index is 499. The standard InChI is InChI=1S/C15H21BrN2O/c1-10-4-5-11(16)8-12(10)14(19)18-7-6-15(2,3)13(17)9-18/h4-5,8,13H,6-7,9,17H2,1-3H3. The van der Waals surface area contributed by atoms with E-state index in [0.29, 0.717) is 6.54 Å². The van der Waals surface area contributed by atoms with Gasteiger partial charge in [-0.15, -0.1) is 0 Å². The minimum absolute atomic E-state index is 0.0395. The zero-order chi connectivity index (χ0) is 14.2. The van der Waals surface area contributed by atoms with Crippen LogP contribution in [0.2, 0.25) is 0 Å². The normalized spacial score (nSPS) is 22.4. The number of amides is 1. The van der Waals surface area contributed by atoms with E-state index in [1.165, 1.54) is 0 Å². The van der Waals surface area contributed by atoms with Crippen LogP contribution in [0.4, 0.5) is 0 Å². The van der Waals surface area contributed by atoms with Crippen molar-refractivity contribution >= 4 is 21.8 Å². The number of rotatable bonds is 1. The highest BCUT2D eigenvalue weighted by atomic mass is 79.9. The summed E-state index contributed by atoms with van der Waals surface area (Å²) >= 11 is 3.42. The fourth-order valence-corrected chi connectivity index (χ4v) is 2.72. The van der Waals surface area contributed by atoms with Crippen LogP contribution in [0, 0.1) is 12.3 Å². The quantitative estimate of drug-likeness (QED) is 0.863. The first-order valence-corrected chi connectivity index (χ1v) is 7.41. The van der Waals surface area contributed by atoms with Crippen molar-refractivity contribution in [3.05, 3.63) is 33.8 Å². The molecule has 1 amide bonds. The summed E-state index contributed by atoms with van der Waals surface area (Å²) in [7, 11) is 0. The van der Waals surface area contributed by atoms with Gasteiger partial charge in [0.05, 0.1) is 0 Å². The third kappa shape index (κ3) is 3.00. The van der Waals surface area contributed by atoms with Gasteiger partial charge in [-0.3, -0.25) is 4.79 Å². The summed E-state index contributed by atoms with van der Waals surface area (Å²) in [6.07, 6.45) is 0.951. The summed E-state index contributed by atoms with van der Waals surface area (Å²) in [6, 6.07) is 5.85. The Kier molecular flexibility index (Phi) is 4.02. The highest BCUT2D eigenvalue weighted by Gasteiger charge is 2.35. The smallest absolute Gasteiger partial charge is 0.254 e. The van der Waals surface area contributed by atoms with Crippen LogP contribution in [0.25, 0.3) is 0 Å². The largest absolute Gasteiger partial charge is 0.337 e. The van der Waals surface area contributed by atoms with Gasteiger partial charge in [0, 0.05) is 29.2 Å². The van der Waals surface area contributed by atoms with E-state index in [0.717, 1.165) is 28.6 Å². The van der Waals surface area contributed by atoms with Gasteiger partial charge in [0.15, 0.2) is 0 Å². The van der Waals surface area contributed by atoms with E-state index in [2.05, 4.69) is 29.8 Å². The van der Waals surface area contributed by atoms with Crippen LogP contribution in [0.3, 0.4) is 0 Å². The first-order valence-electron chi connectivity index (χ1n) is 6.62. The van der Waals surface area contributed by atoms with E-state index < -0.39 is 0 Å². The molecule has 2 N–H and O–H groups in total. The summed E-state index contributed by atoms with van der Waals surface area (Å²) in [4.78, 5) is 14.5. The van der Waals surface area contributed by atoms with Crippen molar-refractivity contribution in [3.8, 4) is 0 Å². The second-order valence-electron chi connectivity index (χ2n) is 6.06. The zero-order valence-corrected chi connectivity index (χ0v) is 13.3. The molecule has 3 nitrogen and oxygen atoms in total. The fourth-order valence-electron chi connectivity index (χ4n) is 2.36. The molecule has 1 atom stereocenters. The molecule has 1 aromatic rings. The van der Waals surface area contributed by atoms with Gasteiger partial charge in [-0.1, -0.05) is 35.8 Å². The summed E-state index contributed by atoms with van der Waals surface area (Å²) in [6.45, 7) is 7.73. The van der Waals surface area contributed by atoms with Gasteiger partial charge in [-0.25, -0.2) is 0 Å². The molecule has 1 aliphatic heterocycles. The maximum Gasteiger partial charge on any atom is 0.254 e. The van der Waals surface area contributed by atoms with Gasteiger partial charge in [0.25, 0.3) is 5.91 Å². The number of hydrogen-bond acceptors (Lipinski definition) is 2. The van der Waals surface area contributed by atoms with Crippen LogP contribution in [0.1, 0.15) is 36.2 Å². The van der Waals surface area contributed by atoms with Gasteiger partial charge < -0.3 is 10.6 Å². The van der Waals surface area contributed by atoms with Crippen LogP contribution in [-0.4, -0.2) is 29.9 Å². The van der Waals surface area contributed by atoms with Crippen molar-refractivity contribution in [3.63, 3.8) is 0 Å². The van der Waals surface area contributed by atoms with Crippen molar-refractivity contribution < 1.29 is 4.79 Å². The summed E-state index contributed by atoms with van der Waals surface area (Å²) < 4.78 is 0.933. The molecule has 4 heteroatoms. The summed E-state index contributed by atoms with van der Waals surface area (Å²) in [5.74, 6) is 0.0877. The number of benzene rings is 1. The first-order chi connectivity index (χ1) is 8.81. The molecule has 1 unspecified atom stereocenters. The van der Waals surface area contributed by atoms with E-state index in [4.69, 9.17) is 5.73 Å². The Balaban J connectivity index is 2.19. The molecule has 0 aliphatic carbocycles. The molecular formula is C15H21BrN2O. The molecular weight excluding hydrogens is 304 g/mol. The van der Waals surface area contributed by atoms with E-state index in [1.54, 1.807) is 0 Å². The molecule has 19 heavy (non-hydrogen) atoms. The second-order valence-corrected chi connectivity index (χ2v) is 6.97. The van der Waals surface area contributed by atoms with Gasteiger partial charge in [0.2, 0.25) is 0 Å². The topological polar surface area (TPSA) is 46.3 Å². The molecule has 1 aromatic carbocycles. The fraction of sp³-hybridized carbons (Fsp3) is 0.533. The lowest BCUT2D eigenvalue weighted by Crippen LogP contribution is -2.54. The molecule has 1 aliphatic rings. The Morgan fingerprint density at radius 1 is 1.47 bits per heavy atom.